The van der Waals surface area contributed by atoms with Crippen LogP contribution < -0.4 is 4.72 Å². The zero-order valence-corrected chi connectivity index (χ0v) is 14.5. The Kier molecular flexibility index (Phi) is 5.47. The second-order valence-electron chi connectivity index (χ2n) is 7.03. The molecule has 0 bridgehead atoms. The molecule has 1 aromatic carbocycles. The summed E-state index contributed by atoms with van der Waals surface area (Å²) in [5, 5.41) is 8.73. The molecule has 23 heavy (non-hydrogen) atoms. The van der Waals surface area contributed by atoms with Crippen molar-refractivity contribution in [3.05, 3.63) is 35.4 Å². The van der Waals surface area contributed by atoms with Crippen LogP contribution in [0.25, 0.3) is 0 Å². The van der Waals surface area contributed by atoms with Gasteiger partial charge in [-0.2, -0.15) is 0 Å². The lowest BCUT2D eigenvalue weighted by Gasteiger charge is -2.25. The van der Waals surface area contributed by atoms with Crippen LogP contribution >= 0.6 is 0 Å². The van der Waals surface area contributed by atoms with Gasteiger partial charge in [0.05, 0.1) is 5.75 Å². The van der Waals surface area contributed by atoms with Crippen molar-refractivity contribution in [1.29, 1.82) is 0 Å². The van der Waals surface area contributed by atoms with E-state index in [1.807, 2.05) is 12.1 Å². The summed E-state index contributed by atoms with van der Waals surface area (Å²) < 4.78 is 27.2. The zero-order chi connectivity index (χ0) is 17.1. The van der Waals surface area contributed by atoms with Crippen molar-refractivity contribution in [2.45, 2.75) is 51.5 Å². The lowest BCUT2D eigenvalue weighted by Crippen LogP contribution is -2.44. The minimum Gasteiger partial charge on any atom is -0.481 e. The van der Waals surface area contributed by atoms with E-state index in [0.717, 1.165) is 12.8 Å². The Bertz CT molecular complexity index is 642. The van der Waals surface area contributed by atoms with Crippen LogP contribution in [0.4, 0.5) is 0 Å². The van der Waals surface area contributed by atoms with Crippen molar-refractivity contribution in [1.82, 2.24) is 4.72 Å². The van der Waals surface area contributed by atoms with E-state index in [1.165, 1.54) is 11.1 Å². The summed E-state index contributed by atoms with van der Waals surface area (Å²) in [6.07, 6.45) is 2.73. The summed E-state index contributed by atoms with van der Waals surface area (Å²) >= 11 is 0. The molecule has 0 fully saturated rings. The predicted octanol–water partition coefficient (Wildman–Crippen LogP) is 2.35. The zero-order valence-electron chi connectivity index (χ0n) is 13.7. The molecule has 0 aromatic heterocycles. The molecule has 128 valence electrons. The number of carboxylic acid groups (broad SMARTS) is 1. The largest absolute Gasteiger partial charge is 0.481 e. The summed E-state index contributed by atoms with van der Waals surface area (Å²) in [7, 11) is -3.40. The predicted molar refractivity (Wildman–Crippen MR) is 89.8 cm³/mol. The quantitative estimate of drug-likeness (QED) is 0.761. The molecule has 5 nitrogen and oxygen atoms in total. The Morgan fingerprint density at radius 2 is 1.83 bits per heavy atom. The summed E-state index contributed by atoms with van der Waals surface area (Å²) in [4.78, 5) is 10.6. The lowest BCUT2D eigenvalue weighted by atomic mass is 10.0. The van der Waals surface area contributed by atoms with Gasteiger partial charge < -0.3 is 5.11 Å². The number of carbonyl (C=O) groups is 1. The molecule has 0 saturated carbocycles. The maximum atomic E-state index is 12.3. The molecule has 1 aliphatic rings. The fourth-order valence-corrected chi connectivity index (χ4v) is 4.81. The number of rotatable bonds is 8. The average molecular weight is 339 g/mol. The summed E-state index contributed by atoms with van der Waals surface area (Å²) in [5.74, 6) is -0.464. The monoisotopic (exact) mass is 339 g/mol. The smallest absolute Gasteiger partial charge is 0.303 e. The molecule has 0 atom stereocenters. The van der Waals surface area contributed by atoms with Gasteiger partial charge >= 0.3 is 5.97 Å². The molecule has 2 rings (SSSR count). The summed E-state index contributed by atoms with van der Waals surface area (Å²) in [6, 6.07) is 8.25. The maximum Gasteiger partial charge on any atom is 0.303 e. The highest BCUT2D eigenvalue weighted by molar-refractivity contribution is 7.89. The van der Waals surface area contributed by atoms with E-state index < -0.39 is 21.5 Å². The molecule has 1 aromatic rings. The minimum absolute atomic E-state index is 0.0482. The van der Waals surface area contributed by atoms with Gasteiger partial charge in [-0.1, -0.05) is 24.3 Å². The van der Waals surface area contributed by atoms with Crippen LogP contribution in [0.5, 0.6) is 0 Å². The first kappa shape index (κ1) is 17.9. The third-order valence-electron chi connectivity index (χ3n) is 4.33. The third kappa shape index (κ3) is 5.62. The van der Waals surface area contributed by atoms with Gasteiger partial charge in [0, 0.05) is 12.0 Å². The highest BCUT2D eigenvalue weighted by Crippen LogP contribution is 2.28. The molecule has 0 saturated heterocycles. The molecule has 0 radical (unpaired) electrons. The van der Waals surface area contributed by atoms with Crippen LogP contribution in [0.1, 0.15) is 44.2 Å². The van der Waals surface area contributed by atoms with Gasteiger partial charge in [0.25, 0.3) is 0 Å². The van der Waals surface area contributed by atoms with Crippen LogP contribution in [0.2, 0.25) is 0 Å². The standard InChI is InChI=1S/C17H25NO4S/c1-17(2,9-7-16(19)20)18-23(21,22)10-8-13-11-14-5-3-4-6-15(14)12-13/h3-6,13,18H,7-12H2,1-2H3,(H,19,20). The van der Waals surface area contributed by atoms with E-state index >= 15 is 0 Å². The van der Waals surface area contributed by atoms with E-state index in [9.17, 15) is 13.2 Å². The Balaban J connectivity index is 1.84. The number of hydrogen-bond donors (Lipinski definition) is 2. The molecular formula is C17H25NO4S. The number of benzene rings is 1. The minimum atomic E-state index is -3.40. The van der Waals surface area contributed by atoms with E-state index in [-0.39, 0.29) is 18.6 Å². The maximum absolute atomic E-state index is 12.3. The first-order valence-electron chi connectivity index (χ1n) is 7.97. The molecule has 2 N–H and O–H groups in total. The number of sulfonamides is 1. The van der Waals surface area contributed by atoms with Crippen LogP contribution in [0.3, 0.4) is 0 Å². The third-order valence-corrected chi connectivity index (χ3v) is 5.96. The second kappa shape index (κ2) is 7.01. The van der Waals surface area contributed by atoms with Crippen molar-refractivity contribution in [3.8, 4) is 0 Å². The Hall–Kier alpha value is -1.40. The SMILES string of the molecule is CC(C)(CCC(=O)O)NS(=O)(=O)CCC1Cc2ccccc2C1. The van der Waals surface area contributed by atoms with E-state index in [2.05, 4.69) is 16.9 Å². The molecule has 0 aliphatic heterocycles. The van der Waals surface area contributed by atoms with Gasteiger partial charge in [-0.25, -0.2) is 13.1 Å². The number of carboxylic acids is 1. The number of nitrogens with one attached hydrogen (secondary N) is 1. The van der Waals surface area contributed by atoms with Crippen LogP contribution in [-0.2, 0) is 27.7 Å². The first-order valence-corrected chi connectivity index (χ1v) is 9.62. The highest BCUT2D eigenvalue weighted by Gasteiger charge is 2.27. The molecule has 0 spiro atoms. The van der Waals surface area contributed by atoms with Gasteiger partial charge in [0.2, 0.25) is 10.0 Å². The normalized spacial score (nSPS) is 15.6. The molecule has 0 amide bonds. The first-order chi connectivity index (χ1) is 10.7. The van der Waals surface area contributed by atoms with Crippen molar-refractivity contribution in [3.63, 3.8) is 0 Å². The van der Waals surface area contributed by atoms with E-state index in [4.69, 9.17) is 5.11 Å². The fraction of sp³-hybridized carbons (Fsp3) is 0.588. The summed E-state index contributed by atoms with van der Waals surface area (Å²) in [6.45, 7) is 3.44. The molecule has 6 heteroatoms. The van der Waals surface area contributed by atoms with E-state index in [0.29, 0.717) is 12.3 Å². The number of fused-ring (bicyclic) bond motifs is 1. The molecular weight excluding hydrogens is 314 g/mol. The average Bonchev–Trinajstić information content (AvgIpc) is 2.85. The van der Waals surface area contributed by atoms with Crippen molar-refractivity contribution in [2.75, 3.05) is 5.75 Å². The van der Waals surface area contributed by atoms with Gasteiger partial charge in [-0.05, 0) is 56.6 Å². The molecule has 1 aliphatic carbocycles. The van der Waals surface area contributed by atoms with Crippen molar-refractivity contribution >= 4 is 16.0 Å². The second-order valence-corrected chi connectivity index (χ2v) is 8.87. The Morgan fingerprint density at radius 3 is 2.35 bits per heavy atom. The fourth-order valence-electron chi connectivity index (χ4n) is 3.12. The van der Waals surface area contributed by atoms with E-state index in [1.54, 1.807) is 13.8 Å². The Labute approximate surface area is 138 Å². The molecule has 0 heterocycles. The van der Waals surface area contributed by atoms with Gasteiger partial charge in [-0.15, -0.1) is 0 Å². The van der Waals surface area contributed by atoms with Crippen molar-refractivity contribution < 1.29 is 18.3 Å². The number of aliphatic carboxylic acids is 1. The van der Waals surface area contributed by atoms with Crippen LogP contribution in [0.15, 0.2) is 24.3 Å². The topological polar surface area (TPSA) is 83.5 Å². The Morgan fingerprint density at radius 1 is 1.26 bits per heavy atom. The van der Waals surface area contributed by atoms with Crippen LogP contribution in [-0.4, -0.2) is 30.8 Å². The number of hydrogen-bond acceptors (Lipinski definition) is 3. The van der Waals surface area contributed by atoms with Crippen LogP contribution in [0, 0.1) is 5.92 Å². The highest BCUT2D eigenvalue weighted by atomic mass is 32.2. The summed E-state index contributed by atoms with van der Waals surface area (Å²) in [5.41, 5.74) is 1.91. The van der Waals surface area contributed by atoms with Crippen molar-refractivity contribution in [2.24, 2.45) is 5.92 Å². The lowest BCUT2D eigenvalue weighted by molar-refractivity contribution is -0.137. The van der Waals surface area contributed by atoms with Gasteiger partial charge in [-0.3, -0.25) is 4.79 Å². The molecule has 0 unspecified atom stereocenters. The van der Waals surface area contributed by atoms with Gasteiger partial charge in [0.1, 0.15) is 0 Å². The van der Waals surface area contributed by atoms with Gasteiger partial charge in [0.15, 0.2) is 0 Å².